The second kappa shape index (κ2) is 7.25. The summed E-state index contributed by atoms with van der Waals surface area (Å²) in [5.41, 5.74) is -0.407. The third kappa shape index (κ3) is 3.49. The van der Waals surface area contributed by atoms with Gasteiger partial charge in [0.05, 0.1) is 23.4 Å². The van der Waals surface area contributed by atoms with Crippen molar-refractivity contribution < 1.29 is 22.8 Å². The third-order valence-corrected chi connectivity index (χ3v) is 4.68. The molecular formula is C19H15F3N6O2. The summed E-state index contributed by atoms with van der Waals surface area (Å²) in [4.78, 5) is 34.8. The number of anilines is 2. The largest absolute Gasteiger partial charge is 0.416 e. The van der Waals surface area contributed by atoms with E-state index >= 15 is 0 Å². The van der Waals surface area contributed by atoms with E-state index in [0.717, 1.165) is 12.1 Å². The van der Waals surface area contributed by atoms with E-state index in [9.17, 15) is 22.8 Å². The van der Waals surface area contributed by atoms with E-state index in [1.54, 1.807) is 6.92 Å². The number of fused-ring (bicyclic) bond motifs is 1. The molecule has 1 aliphatic heterocycles. The first kappa shape index (κ1) is 19.6. The molecule has 0 spiro atoms. The Morgan fingerprint density at radius 3 is 2.57 bits per heavy atom. The van der Waals surface area contributed by atoms with Gasteiger partial charge in [-0.1, -0.05) is 0 Å². The molecule has 2 aromatic heterocycles. The van der Waals surface area contributed by atoms with Crippen LogP contribution < -0.4 is 10.2 Å². The van der Waals surface area contributed by atoms with Crippen LogP contribution in [0.4, 0.5) is 24.7 Å². The first-order chi connectivity index (χ1) is 14.3. The van der Waals surface area contributed by atoms with Crippen molar-refractivity contribution in [2.45, 2.75) is 19.1 Å². The smallest absolute Gasteiger partial charge is 0.306 e. The monoisotopic (exact) mass is 416 g/mol. The molecule has 3 heterocycles. The van der Waals surface area contributed by atoms with Crippen molar-refractivity contribution in [3.05, 3.63) is 65.9 Å². The highest BCUT2D eigenvalue weighted by molar-refractivity contribution is 6.15. The van der Waals surface area contributed by atoms with E-state index in [1.165, 1.54) is 46.5 Å². The van der Waals surface area contributed by atoms with Crippen LogP contribution in [0.1, 0.15) is 39.4 Å². The zero-order chi connectivity index (χ0) is 21.5. The zero-order valence-corrected chi connectivity index (χ0v) is 15.6. The second-order valence-electron chi connectivity index (χ2n) is 6.71. The molecule has 1 atom stereocenters. The minimum Gasteiger partial charge on any atom is -0.306 e. The fourth-order valence-corrected chi connectivity index (χ4v) is 3.23. The van der Waals surface area contributed by atoms with Crippen molar-refractivity contribution in [2.75, 3.05) is 16.8 Å². The van der Waals surface area contributed by atoms with Crippen LogP contribution in [0.5, 0.6) is 0 Å². The van der Waals surface area contributed by atoms with Gasteiger partial charge in [-0.15, -0.1) is 0 Å². The molecule has 0 unspecified atom stereocenters. The van der Waals surface area contributed by atoms with Crippen molar-refractivity contribution in [1.29, 1.82) is 0 Å². The summed E-state index contributed by atoms with van der Waals surface area (Å²) in [6, 6.07) is 5.51. The number of hydrogen-bond acceptors (Lipinski definition) is 5. The lowest BCUT2D eigenvalue weighted by Gasteiger charge is -2.32. The highest BCUT2D eigenvalue weighted by Gasteiger charge is 2.36. The molecule has 0 fully saturated rings. The molecule has 1 aliphatic rings. The molecule has 2 amide bonds. The van der Waals surface area contributed by atoms with Gasteiger partial charge in [0, 0.05) is 18.4 Å². The molecule has 3 aromatic rings. The number of halogens is 3. The number of carbonyl (C=O) groups is 2. The molecule has 154 valence electrons. The van der Waals surface area contributed by atoms with Gasteiger partial charge in [-0.3, -0.25) is 14.3 Å². The van der Waals surface area contributed by atoms with E-state index < -0.39 is 23.6 Å². The van der Waals surface area contributed by atoms with Crippen LogP contribution in [0.15, 0.2) is 49.1 Å². The quantitative estimate of drug-likeness (QED) is 0.708. The molecule has 0 saturated carbocycles. The zero-order valence-electron chi connectivity index (χ0n) is 15.6. The van der Waals surface area contributed by atoms with Gasteiger partial charge in [-0.25, -0.2) is 9.97 Å². The predicted octanol–water partition coefficient (Wildman–Crippen LogP) is 3.17. The molecular weight excluding hydrogens is 401 g/mol. The fraction of sp³-hybridized carbons (Fsp3) is 0.211. The number of benzene rings is 1. The van der Waals surface area contributed by atoms with Gasteiger partial charge in [-0.2, -0.15) is 18.3 Å². The van der Waals surface area contributed by atoms with Crippen LogP contribution in [0.2, 0.25) is 0 Å². The second-order valence-corrected chi connectivity index (χ2v) is 6.71. The van der Waals surface area contributed by atoms with Crippen molar-refractivity contribution >= 4 is 23.3 Å². The van der Waals surface area contributed by atoms with E-state index in [0.29, 0.717) is 5.69 Å². The minimum absolute atomic E-state index is 0.0436. The third-order valence-electron chi connectivity index (χ3n) is 4.68. The molecule has 0 aliphatic carbocycles. The lowest BCUT2D eigenvalue weighted by Crippen LogP contribution is -2.43. The summed E-state index contributed by atoms with van der Waals surface area (Å²) < 4.78 is 39.9. The van der Waals surface area contributed by atoms with E-state index in [1.807, 2.05) is 0 Å². The van der Waals surface area contributed by atoms with Gasteiger partial charge >= 0.3 is 6.18 Å². The molecule has 0 saturated heterocycles. The van der Waals surface area contributed by atoms with Crippen molar-refractivity contribution in [3.8, 4) is 0 Å². The highest BCUT2D eigenvalue weighted by atomic mass is 19.4. The summed E-state index contributed by atoms with van der Waals surface area (Å²) in [6.07, 6.45) is -0.461. The van der Waals surface area contributed by atoms with Crippen LogP contribution >= 0.6 is 0 Å². The summed E-state index contributed by atoms with van der Waals surface area (Å²) in [6.45, 7) is 2.00. The summed E-state index contributed by atoms with van der Waals surface area (Å²) in [5.74, 6) is -0.853. The summed E-state index contributed by atoms with van der Waals surface area (Å²) >= 11 is 0. The van der Waals surface area contributed by atoms with Crippen molar-refractivity contribution in [1.82, 2.24) is 19.7 Å². The van der Waals surface area contributed by atoms with Crippen molar-refractivity contribution in [3.63, 3.8) is 0 Å². The summed E-state index contributed by atoms with van der Waals surface area (Å²) in [7, 11) is 0. The van der Waals surface area contributed by atoms with Gasteiger partial charge in [0.25, 0.3) is 11.8 Å². The van der Waals surface area contributed by atoms with Crippen LogP contribution in [0.3, 0.4) is 0 Å². The number of amides is 2. The molecule has 4 rings (SSSR count). The van der Waals surface area contributed by atoms with Gasteiger partial charge in [0.2, 0.25) is 0 Å². The first-order valence-electron chi connectivity index (χ1n) is 8.89. The Hall–Kier alpha value is -3.76. The number of nitrogens with zero attached hydrogens (tertiary/aromatic N) is 5. The van der Waals surface area contributed by atoms with E-state index in [-0.39, 0.29) is 29.7 Å². The van der Waals surface area contributed by atoms with Gasteiger partial charge in [-0.05, 0) is 37.3 Å². The Kier molecular flexibility index (Phi) is 4.72. The van der Waals surface area contributed by atoms with Crippen LogP contribution in [0.25, 0.3) is 0 Å². The number of aromatic nitrogens is 4. The minimum atomic E-state index is -4.47. The fourth-order valence-electron chi connectivity index (χ4n) is 3.23. The molecule has 1 aromatic carbocycles. The Morgan fingerprint density at radius 1 is 1.20 bits per heavy atom. The number of hydrogen-bond donors (Lipinski definition) is 1. The Balaban J connectivity index is 1.65. The Morgan fingerprint density at radius 2 is 1.93 bits per heavy atom. The van der Waals surface area contributed by atoms with Gasteiger partial charge in [0.1, 0.15) is 17.8 Å². The summed E-state index contributed by atoms with van der Waals surface area (Å²) in [5, 5.41) is 6.72. The molecule has 8 nitrogen and oxygen atoms in total. The lowest BCUT2D eigenvalue weighted by molar-refractivity contribution is -0.137. The number of nitrogens with one attached hydrogen (secondary N) is 1. The van der Waals surface area contributed by atoms with Crippen molar-refractivity contribution in [2.24, 2.45) is 0 Å². The Labute approximate surface area is 168 Å². The standard InChI is InChI=1S/C19H15F3N6O2/c1-11-9-27(13-4-2-12(3-5-13)19(20,21)22)18(30)16-14(8-25-28(11)16)17(29)26-15-6-7-23-10-24-15/h2-8,10-11H,9H2,1H3,(H,23,24,26,29)/t11-/m0/s1. The number of rotatable bonds is 3. The predicted molar refractivity (Wildman–Crippen MR) is 100 cm³/mol. The topological polar surface area (TPSA) is 93.0 Å². The molecule has 0 radical (unpaired) electrons. The van der Waals surface area contributed by atoms with E-state index in [2.05, 4.69) is 20.4 Å². The molecule has 11 heteroatoms. The van der Waals surface area contributed by atoms with Gasteiger partial charge < -0.3 is 10.2 Å². The van der Waals surface area contributed by atoms with Crippen LogP contribution in [0, 0.1) is 0 Å². The highest BCUT2D eigenvalue weighted by Crippen LogP contribution is 2.32. The maximum atomic E-state index is 13.1. The lowest BCUT2D eigenvalue weighted by atomic mass is 10.1. The molecule has 1 N–H and O–H groups in total. The van der Waals surface area contributed by atoms with Crippen LogP contribution in [-0.2, 0) is 6.18 Å². The molecule has 0 bridgehead atoms. The maximum absolute atomic E-state index is 13.1. The van der Waals surface area contributed by atoms with Crippen LogP contribution in [-0.4, -0.2) is 38.1 Å². The SMILES string of the molecule is C[C@H]1CN(c2ccc(C(F)(F)F)cc2)C(=O)c2c(C(=O)Nc3ccncn3)cnn21. The average Bonchev–Trinajstić information content (AvgIpc) is 3.17. The molecule has 30 heavy (non-hydrogen) atoms. The first-order valence-corrected chi connectivity index (χ1v) is 8.89. The number of carbonyl (C=O) groups excluding carboxylic acids is 2. The average molecular weight is 416 g/mol. The maximum Gasteiger partial charge on any atom is 0.416 e. The normalized spacial score (nSPS) is 16.3. The Bertz CT molecular complexity index is 1100. The van der Waals surface area contributed by atoms with Gasteiger partial charge in [0.15, 0.2) is 0 Å². The number of alkyl halides is 3. The van der Waals surface area contributed by atoms with E-state index in [4.69, 9.17) is 0 Å².